The van der Waals surface area contributed by atoms with Gasteiger partial charge in [-0.2, -0.15) is 0 Å². The fraction of sp³-hybridized carbons (Fsp3) is 0.750. The molecule has 0 aromatic heterocycles. The molecule has 0 aromatic carbocycles. The molecule has 0 atom stereocenters. The van der Waals surface area contributed by atoms with Crippen LogP contribution in [0.1, 0.15) is 20.8 Å². The summed E-state index contributed by atoms with van der Waals surface area (Å²) in [4.78, 5) is 0. The molecule has 0 N–H and O–H groups in total. The van der Waals surface area contributed by atoms with Gasteiger partial charge in [0.1, 0.15) is 0 Å². The first kappa shape index (κ1) is 9.99. The van der Waals surface area contributed by atoms with Crippen LogP contribution < -0.4 is 0 Å². The number of hydrogen-bond acceptors (Lipinski definition) is 1. The molecule has 1 nitrogen and oxygen atoms in total. The number of alkyl halides is 1. The number of halogens is 1. The molecular weight excluding hydrogens is 148 g/mol. The van der Waals surface area contributed by atoms with Gasteiger partial charge < -0.3 is 4.74 Å². The molecule has 0 aliphatic rings. The molecule has 0 saturated carbocycles. The molecule has 0 spiro atoms. The van der Waals surface area contributed by atoms with Crippen LogP contribution in [0.3, 0.4) is 0 Å². The third kappa shape index (κ3) is 7.99. The summed E-state index contributed by atoms with van der Waals surface area (Å²) in [7, 11) is 0. The summed E-state index contributed by atoms with van der Waals surface area (Å²) in [5.74, 6) is 0.563. The highest BCUT2D eigenvalue weighted by atomic mass is 35.5. The Kier molecular flexibility index (Phi) is 4.75. The molecule has 0 aromatic rings. The van der Waals surface area contributed by atoms with Crippen LogP contribution in [0.2, 0.25) is 0 Å². The van der Waals surface area contributed by atoms with Gasteiger partial charge in [0.2, 0.25) is 0 Å². The normalized spacial score (nSPS) is 12.8. The first-order valence-electron chi connectivity index (χ1n) is 3.41. The number of rotatable bonds is 3. The summed E-state index contributed by atoms with van der Waals surface area (Å²) in [6.45, 7) is 6.74. The van der Waals surface area contributed by atoms with E-state index in [0.717, 1.165) is 0 Å². The summed E-state index contributed by atoms with van der Waals surface area (Å²) >= 11 is 5.41. The van der Waals surface area contributed by atoms with Gasteiger partial charge >= 0.3 is 0 Å². The van der Waals surface area contributed by atoms with Crippen molar-refractivity contribution in [2.45, 2.75) is 26.4 Å². The number of hydrogen-bond donors (Lipinski definition) is 0. The van der Waals surface area contributed by atoms with Crippen molar-refractivity contribution in [2.24, 2.45) is 0 Å². The summed E-state index contributed by atoms with van der Waals surface area (Å²) in [5.41, 5.74) is -0.0450. The fourth-order valence-electron chi connectivity index (χ4n) is 0.429. The minimum absolute atomic E-state index is 0.0450. The average molecular weight is 163 g/mol. The van der Waals surface area contributed by atoms with Gasteiger partial charge in [-0.15, -0.1) is 11.6 Å². The Labute approximate surface area is 68.0 Å². The Bertz CT molecular complexity index is 102. The summed E-state index contributed by atoms with van der Waals surface area (Å²) in [6, 6.07) is 0. The average Bonchev–Trinajstić information content (AvgIpc) is 1.78. The lowest BCUT2D eigenvalue weighted by Crippen LogP contribution is -2.18. The molecule has 0 aliphatic heterocycles. The van der Waals surface area contributed by atoms with Crippen LogP contribution in [0.4, 0.5) is 0 Å². The van der Waals surface area contributed by atoms with Crippen molar-refractivity contribution in [3.05, 3.63) is 12.2 Å². The molecule has 0 radical (unpaired) electrons. The van der Waals surface area contributed by atoms with Gasteiger partial charge in [-0.1, -0.05) is 12.2 Å². The molecule has 0 saturated heterocycles. The maximum atomic E-state index is 5.41. The van der Waals surface area contributed by atoms with Crippen molar-refractivity contribution < 1.29 is 4.74 Å². The van der Waals surface area contributed by atoms with E-state index in [0.29, 0.717) is 12.5 Å². The SMILES string of the molecule is CC(C)(C)OCC=CCCl. The smallest absolute Gasteiger partial charge is 0.0655 e. The van der Waals surface area contributed by atoms with Crippen LogP contribution in [-0.4, -0.2) is 18.1 Å². The van der Waals surface area contributed by atoms with Crippen molar-refractivity contribution in [1.82, 2.24) is 0 Å². The molecular formula is C8H15ClO. The van der Waals surface area contributed by atoms with Gasteiger partial charge in [-0.3, -0.25) is 0 Å². The fourth-order valence-corrected chi connectivity index (χ4v) is 0.555. The first-order valence-corrected chi connectivity index (χ1v) is 3.94. The van der Waals surface area contributed by atoms with Crippen molar-refractivity contribution in [3.8, 4) is 0 Å². The van der Waals surface area contributed by atoms with Gasteiger partial charge in [0.25, 0.3) is 0 Å². The van der Waals surface area contributed by atoms with Gasteiger partial charge in [0.05, 0.1) is 12.2 Å². The summed E-state index contributed by atoms with van der Waals surface area (Å²) in [5, 5.41) is 0. The van der Waals surface area contributed by atoms with E-state index >= 15 is 0 Å². The lowest BCUT2D eigenvalue weighted by Gasteiger charge is -2.17. The zero-order valence-corrected chi connectivity index (χ0v) is 7.61. The summed E-state index contributed by atoms with van der Waals surface area (Å²) < 4.78 is 5.39. The third-order valence-corrected chi connectivity index (χ3v) is 1.05. The Morgan fingerprint density at radius 1 is 1.30 bits per heavy atom. The van der Waals surface area contributed by atoms with Gasteiger partial charge in [-0.25, -0.2) is 0 Å². The highest BCUT2D eigenvalue weighted by molar-refractivity contribution is 6.18. The van der Waals surface area contributed by atoms with E-state index in [1.165, 1.54) is 0 Å². The molecule has 0 bridgehead atoms. The minimum atomic E-state index is -0.0450. The molecule has 2 heteroatoms. The van der Waals surface area contributed by atoms with Crippen LogP contribution >= 0.6 is 11.6 Å². The van der Waals surface area contributed by atoms with Crippen LogP contribution in [-0.2, 0) is 4.74 Å². The Morgan fingerprint density at radius 3 is 2.30 bits per heavy atom. The first-order chi connectivity index (χ1) is 4.56. The van der Waals surface area contributed by atoms with Crippen LogP contribution in [0.5, 0.6) is 0 Å². The molecule has 0 amide bonds. The van der Waals surface area contributed by atoms with Crippen molar-refractivity contribution in [3.63, 3.8) is 0 Å². The van der Waals surface area contributed by atoms with E-state index in [4.69, 9.17) is 16.3 Å². The molecule has 0 unspecified atom stereocenters. The van der Waals surface area contributed by atoms with Gasteiger partial charge in [0, 0.05) is 5.88 Å². The maximum Gasteiger partial charge on any atom is 0.0655 e. The van der Waals surface area contributed by atoms with E-state index in [-0.39, 0.29) is 5.60 Å². The predicted molar refractivity (Wildman–Crippen MR) is 45.6 cm³/mol. The molecule has 0 fully saturated rings. The number of allylic oxidation sites excluding steroid dienone is 1. The zero-order chi connectivity index (χ0) is 8.04. The molecule has 0 aliphatic carbocycles. The Hall–Kier alpha value is -0.0100. The maximum absolute atomic E-state index is 5.41. The van der Waals surface area contributed by atoms with Gasteiger partial charge in [-0.05, 0) is 20.8 Å². The summed E-state index contributed by atoms with van der Waals surface area (Å²) in [6.07, 6.45) is 3.81. The monoisotopic (exact) mass is 162 g/mol. The third-order valence-electron chi connectivity index (χ3n) is 0.868. The van der Waals surface area contributed by atoms with E-state index in [9.17, 15) is 0 Å². The quantitative estimate of drug-likeness (QED) is 0.458. The van der Waals surface area contributed by atoms with Gasteiger partial charge in [0.15, 0.2) is 0 Å². The Balaban J connectivity index is 3.28. The lowest BCUT2D eigenvalue weighted by molar-refractivity contribution is 0.0149. The van der Waals surface area contributed by atoms with E-state index < -0.39 is 0 Å². The Morgan fingerprint density at radius 2 is 1.90 bits per heavy atom. The molecule has 0 heterocycles. The van der Waals surface area contributed by atoms with E-state index in [2.05, 4.69) is 0 Å². The van der Waals surface area contributed by atoms with Crippen molar-refractivity contribution in [2.75, 3.05) is 12.5 Å². The lowest BCUT2D eigenvalue weighted by atomic mass is 10.2. The second-order valence-electron chi connectivity index (χ2n) is 3.05. The topological polar surface area (TPSA) is 9.23 Å². The van der Waals surface area contributed by atoms with Crippen LogP contribution in [0.15, 0.2) is 12.2 Å². The highest BCUT2D eigenvalue weighted by Gasteiger charge is 2.07. The zero-order valence-electron chi connectivity index (χ0n) is 6.86. The minimum Gasteiger partial charge on any atom is -0.372 e. The van der Waals surface area contributed by atoms with Crippen LogP contribution in [0.25, 0.3) is 0 Å². The standard InChI is InChI=1S/C8H15ClO/c1-8(2,3)10-7-5-4-6-9/h4-5H,6-7H2,1-3H3. The second kappa shape index (κ2) is 4.75. The van der Waals surface area contributed by atoms with Crippen molar-refractivity contribution in [1.29, 1.82) is 0 Å². The number of ether oxygens (including phenoxy) is 1. The molecule has 0 rings (SSSR count). The molecule has 60 valence electrons. The largest absolute Gasteiger partial charge is 0.372 e. The highest BCUT2D eigenvalue weighted by Crippen LogP contribution is 2.05. The predicted octanol–water partition coefficient (Wildman–Crippen LogP) is 2.60. The van der Waals surface area contributed by atoms with Crippen LogP contribution in [0, 0.1) is 0 Å². The van der Waals surface area contributed by atoms with E-state index in [1.54, 1.807) is 0 Å². The van der Waals surface area contributed by atoms with Crippen molar-refractivity contribution >= 4 is 11.6 Å². The molecule has 10 heavy (non-hydrogen) atoms. The second-order valence-corrected chi connectivity index (χ2v) is 3.36. The van der Waals surface area contributed by atoms with E-state index in [1.807, 2.05) is 32.9 Å².